The van der Waals surface area contributed by atoms with E-state index in [0.29, 0.717) is 24.6 Å². The number of aromatic nitrogens is 1. The van der Waals surface area contributed by atoms with Crippen LogP contribution in [0.25, 0.3) is 0 Å². The van der Waals surface area contributed by atoms with Crippen LogP contribution in [0.2, 0.25) is 0 Å². The second-order valence-corrected chi connectivity index (χ2v) is 6.73. The third-order valence-electron chi connectivity index (χ3n) is 2.53. The lowest BCUT2D eigenvalue weighted by Gasteiger charge is -2.09. The number of carbonyl (C=O) groups excluding carboxylic acids is 1. The summed E-state index contributed by atoms with van der Waals surface area (Å²) in [6, 6.07) is 0. The molecule has 10 heteroatoms. The van der Waals surface area contributed by atoms with Crippen molar-refractivity contribution in [2.75, 3.05) is 25.1 Å². The van der Waals surface area contributed by atoms with Gasteiger partial charge < -0.3 is 9.47 Å². The van der Waals surface area contributed by atoms with Crippen LogP contribution >= 0.6 is 11.3 Å². The number of thiazole rings is 1. The third kappa shape index (κ3) is 4.47. The van der Waals surface area contributed by atoms with Crippen molar-refractivity contribution in [2.24, 2.45) is 0 Å². The molecule has 1 aliphatic heterocycles. The Morgan fingerprint density at radius 2 is 2.45 bits per heavy atom. The highest BCUT2D eigenvalue weighted by molar-refractivity contribution is 7.88. The SMILES string of the molecule is O=C(COCC1CCCO1)Nc1ncc(S(=O)(=O)F)s1. The Labute approximate surface area is 119 Å². The van der Waals surface area contributed by atoms with Crippen LogP contribution in [0.3, 0.4) is 0 Å². The molecule has 7 nitrogen and oxygen atoms in total. The summed E-state index contributed by atoms with van der Waals surface area (Å²) in [5, 5.41) is 2.34. The van der Waals surface area contributed by atoms with Crippen LogP contribution in [0.5, 0.6) is 0 Å². The second-order valence-electron chi connectivity index (χ2n) is 4.12. The minimum Gasteiger partial charge on any atom is -0.376 e. The van der Waals surface area contributed by atoms with Crippen LogP contribution in [-0.4, -0.2) is 45.2 Å². The molecular formula is C10H13FN2O5S2. The molecule has 1 atom stereocenters. The Kier molecular flexibility index (Phi) is 5.02. The number of amides is 1. The van der Waals surface area contributed by atoms with E-state index in [2.05, 4.69) is 10.3 Å². The van der Waals surface area contributed by atoms with Gasteiger partial charge in [-0.1, -0.05) is 15.2 Å². The summed E-state index contributed by atoms with van der Waals surface area (Å²) in [4.78, 5) is 15.1. The van der Waals surface area contributed by atoms with E-state index in [9.17, 15) is 17.1 Å². The number of anilines is 1. The van der Waals surface area contributed by atoms with Gasteiger partial charge in [-0.25, -0.2) is 4.98 Å². The summed E-state index contributed by atoms with van der Waals surface area (Å²) in [6.45, 7) is 0.840. The van der Waals surface area contributed by atoms with Crippen LogP contribution in [0.4, 0.5) is 9.02 Å². The van der Waals surface area contributed by atoms with E-state index in [4.69, 9.17) is 9.47 Å². The van der Waals surface area contributed by atoms with E-state index in [-0.39, 0.29) is 17.8 Å². The maximum Gasteiger partial charge on any atom is 0.343 e. The minimum absolute atomic E-state index is 0.00643. The molecule has 1 fully saturated rings. The Morgan fingerprint density at radius 3 is 3.05 bits per heavy atom. The van der Waals surface area contributed by atoms with Crippen molar-refractivity contribution in [3.8, 4) is 0 Å². The molecule has 1 aromatic rings. The number of halogens is 1. The van der Waals surface area contributed by atoms with Crippen LogP contribution in [0.15, 0.2) is 10.4 Å². The van der Waals surface area contributed by atoms with E-state index >= 15 is 0 Å². The zero-order valence-electron chi connectivity index (χ0n) is 10.4. The smallest absolute Gasteiger partial charge is 0.343 e. The summed E-state index contributed by atoms with van der Waals surface area (Å²) < 4.78 is 43.8. The van der Waals surface area contributed by atoms with Crippen molar-refractivity contribution in [1.29, 1.82) is 0 Å². The monoisotopic (exact) mass is 324 g/mol. The second kappa shape index (κ2) is 6.57. The highest BCUT2D eigenvalue weighted by Gasteiger charge is 2.18. The number of ether oxygens (including phenoxy) is 2. The molecule has 1 unspecified atom stereocenters. The molecule has 1 aromatic heterocycles. The molecule has 20 heavy (non-hydrogen) atoms. The lowest BCUT2D eigenvalue weighted by atomic mass is 10.2. The first-order valence-electron chi connectivity index (χ1n) is 5.85. The molecule has 2 heterocycles. The summed E-state index contributed by atoms with van der Waals surface area (Å²) in [6.07, 6.45) is 2.76. The number of nitrogens with one attached hydrogen (secondary N) is 1. The normalized spacial score (nSPS) is 19.1. The van der Waals surface area contributed by atoms with Crippen LogP contribution in [0.1, 0.15) is 12.8 Å². The summed E-state index contributed by atoms with van der Waals surface area (Å²) in [5.41, 5.74) is 0. The van der Waals surface area contributed by atoms with Crippen LogP contribution in [0, 0.1) is 0 Å². The Balaban J connectivity index is 1.75. The molecule has 1 aliphatic rings. The van der Waals surface area contributed by atoms with E-state index in [1.807, 2.05) is 0 Å². The topological polar surface area (TPSA) is 94.6 Å². The lowest BCUT2D eigenvalue weighted by Crippen LogP contribution is -2.22. The van der Waals surface area contributed by atoms with E-state index in [0.717, 1.165) is 19.0 Å². The fraction of sp³-hybridized carbons (Fsp3) is 0.600. The van der Waals surface area contributed by atoms with Crippen molar-refractivity contribution in [1.82, 2.24) is 4.98 Å². The first-order valence-corrected chi connectivity index (χ1v) is 8.05. The predicted octanol–water partition coefficient (Wildman–Crippen LogP) is 0.935. The fourth-order valence-corrected chi connectivity index (χ4v) is 3.02. The van der Waals surface area contributed by atoms with Crippen molar-refractivity contribution in [3.63, 3.8) is 0 Å². The molecule has 0 aliphatic carbocycles. The summed E-state index contributed by atoms with van der Waals surface area (Å²) in [5.74, 6) is -0.486. The molecule has 2 rings (SSSR count). The molecule has 0 aromatic carbocycles. The molecular weight excluding hydrogens is 311 g/mol. The first-order chi connectivity index (χ1) is 9.45. The lowest BCUT2D eigenvalue weighted by molar-refractivity contribution is -0.121. The van der Waals surface area contributed by atoms with Crippen molar-refractivity contribution >= 4 is 32.6 Å². The van der Waals surface area contributed by atoms with Gasteiger partial charge in [-0.05, 0) is 12.8 Å². The van der Waals surface area contributed by atoms with Gasteiger partial charge in [0.25, 0.3) is 5.91 Å². The van der Waals surface area contributed by atoms with Crippen LogP contribution < -0.4 is 5.32 Å². The number of rotatable bonds is 6. The minimum atomic E-state index is -4.79. The van der Waals surface area contributed by atoms with Crippen LogP contribution in [-0.2, 0) is 24.5 Å². The van der Waals surface area contributed by atoms with E-state index in [1.165, 1.54) is 0 Å². The molecule has 0 radical (unpaired) electrons. The molecule has 112 valence electrons. The van der Waals surface area contributed by atoms with Gasteiger partial charge in [0, 0.05) is 6.61 Å². The van der Waals surface area contributed by atoms with Crippen molar-refractivity contribution in [3.05, 3.63) is 6.20 Å². The van der Waals surface area contributed by atoms with Gasteiger partial charge in [0.1, 0.15) is 6.61 Å². The first kappa shape index (κ1) is 15.3. The largest absolute Gasteiger partial charge is 0.376 e. The van der Waals surface area contributed by atoms with Gasteiger partial charge in [-0.15, -0.1) is 0 Å². The highest BCUT2D eigenvalue weighted by Crippen LogP contribution is 2.24. The Morgan fingerprint density at radius 1 is 1.65 bits per heavy atom. The average molecular weight is 324 g/mol. The van der Waals surface area contributed by atoms with Gasteiger partial charge in [0.15, 0.2) is 9.34 Å². The standard InChI is InChI=1S/C10H13FN2O5S2/c11-20(15,16)9-4-12-10(19-9)13-8(14)6-17-5-7-2-1-3-18-7/h4,7H,1-3,5-6H2,(H,12,13,14). The summed E-state index contributed by atoms with van der Waals surface area (Å²) in [7, 11) is -4.79. The average Bonchev–Trinajstić information content (AvgIpc) is 2.98. The van der Waals surface area contributed by atoms with Gasteiger partial charge in [-0.3, -0.25) is 10.1 Å². The fourth-order valence-electron chi connectivity index (χ4n) is 1.64. The number of hydrogen-bond donors (Lipinski definition) is 1. The van der Waals surface area contributed by atoms with Crippen molar-refractivity contribution < 1.29 is 26.6 Å². The van der Waals surface area contributed by atoms with E-state index < -0.39 is 20.3 Å². The van der Waals surface area contributed by atoms with Gasteiger partial charge in [0.2, 0.25) is 0 Å². The van der Waals surface area contributed by atoms with Crippen molar-refractivity contribution in [2.45, 2.75) is 23.2 Å². The number of hydrogen-bond acceptors (Lipinski definition) is 7. The van der Waals surface area contributed by atoms with Gasteiger partial charge in [0.05, 0.1) is 18.9 Å². The molecule has 1 saturated heterocycles. The number of carbonyl (C=O) groups is 1. The third-order valence-corrected chi connectivity index (χ3v) is 4.67. The zero-order valence-corrected chi connectivity index (χ0v) is 12.0. The molecule has 0 bridgehead atoms. The maximum atomic E-state index is 12.6. The molecule has 0 saturated carbocycles. The predicted molar refractivity (Wildman–Crippen MR) is 68.8 cm³/mol. The van der Waals surface area contributed by atoms with Gasteiger partial charge in [-0.2, -0.15) is 8.42 Å². The molecule has 1 N–H and O–H groups in total. The Bertz CT molecular complexity index is 568. The highest BCUT2D eigenvalue weighted by atomic mass is 32.3. The molecule has 0 spiro atoms. The van der Waals surface area contributed by atoms with Gasteiger partial charge >= 0.3 is 10.2 Å². The van der Waals surface area contributed by atoms with E-state index in [1.54, 1.807) is 0 Å². The quantitative estimate of drug-likeness (QED) is 0.783. The number of nitrogens with zero attached hydrogens (tertiary/aromatic N) is 1. The maximum absolute atomic E-state index is 12.6. The summed E-state index contributed by atoms with van der Waals surface area (Å²) >= 11 is 0.541. The Hall–Kier alpha value is -1.10. The zero-order chi connectivity index (χ0) is 14.6. The molecule has 1 amide bonds.